The summed E-state index contributed by atoms with van der Waals surface area (Å²) in [5.74, 6) is 0. The monoisotopic (exact) mass is 156 g/mol. The summed E-state index contributed by atoms with van der Waals surface area (Å²) in [6.07, 6.45) is 7.59. The summed E-state index contributed by atoms with van der Waals surface area (Å²) in [5.41, 5.74) is 0. The number of hydrogen-bond acceptors (Lipinski definition) is 2. The van der Waals surface area contributed by atoms with Crippen molar-refractivity contribution in [2.45, 2.75) is 32.3 Å². The van der Waals surface area contributed by atoms with Crippen LogP contribution >= 0.6 is 0 Å². The molecule has 0 radical (unpaired) electrons. The summed E-state index contributed by atoms with van der Waals surface area (Å²) in [5, 5.41) is 0. The van der Waals surface area contributed by atoms with Crippen LogP contribution in [0.5, 0.6) is 0 Å². The molecule has 1 aliphatic heterocycles. The number of ether oxygens (including phenoxy) is 2. The molecule has 0 N–H and O–H groups in total. The maximum Gasteiger partial charge on any atom is 0.113 e. The third kappa shape index (κ3) is 3.42. The predicted octanol–water partition coefficient (Wildman–Crippen LogP) is 2.11. The third-order valence-electron chi connectivity index (χ3n) is 1.79. The van der Waals surface area contributed by atoms with E-state index in [1.54, 1.807) is 6.26 Å². The maximum absolute atomic E-state index is 5.47. The van der Waals surface area contributed by atoms with Crippen LogP contribution in [0.15, 0.2) is 12.3 Å². The molecular formula is C9H16O2. The summed E-state index contributed by atoms with van der Waals surface area (Å²) in [4.78, 5) is 0. The minimum Gasteiger partial charge on any atom is -0.499 e. The molecule has 0 aromatic heterocycles. The van der Waals surface area contributed by atoms with Crippen LogP contribution in [0.2, 0.25) is 0 Å². The van der Waals surface area contributed by atoms with E-state index in [1.807, 2.05) is 13.0 Å². The predicted molar refractivity (Wildman–Crippen MR) is 44.4 cm³/mol. The Morgan fingerprint density at radius 3 is 3.09 bits per heavy atom. The lowest BCUT2D eigenvalue weighted by Gasteiger charge is -2.21. The first-order valence-corrected chi connectivity index (χ1v) is 4.28. The van der Waals surface area contributed by atoms with Gasteiger partial charge in [0.2, 0.25) is 0 Å². The van der Waals surface area contributed by atoms with Crippen molar-refractivity contribution in [3.05, 3.63) is 12.3 Å². The Morgan fingerprint density at radius 2 is 2.45 bits per heavy atom. The first-order valence-electron chi connectivity index (χ1n) is 4.28. The smallest absolute Gasteiger partial charge is 0.113 e. The standard InChI is InChI=1S/C9H16O2/c1-2-6-10-8-9-5-3-4-7-11-9/h2,6,9H,3-5,7-8H2,1H3/b6-2+. The van der Waals surface area contributed by atoms with Crippen molar-refractivity contribution in [3.8, 4) is 0 Å². The van der Waals surface area contributed by atoms with Crippen LogP contribution in [0, 0.1) is 0 Å². The number of allylic oxidation sites excluding steroid dienone is 1. The van der Waals surface area contributed by atoms with Gasteiger partial charge in [0.15, 0.2) is 0 Å². The second-order valence-electron chi connectivity index (χ2n) is 2.79. The summed E-state index contributed by atoms with van der Waals surface area (Å²) in [7, 11) is 0. The molecule has 1 atom stereocenters. The summed E-state index contributed by atoms with van der Waals surface area (Å²) >= 11 is 0. The molecule has 1 saturated heterocycles. The zero-order chi connectivity index (χ0) is 7.94. The average Bonchev–Trinajstić information content (AvgIpc) is 2.07. The molecule has 1 aliphatic rings. The molecule has 2 heteroatoms. The first-order chi connectivity index (χ1) is 5.43. The van der Waals surface area contributed by atoms with E-state index in [2.05, 4.69) is 0 Å². The van der Waals surface area contributed by atoms with Gasteiger partial charge in [0.1, 0.15) is 6.61 Å². The molecule has 1 fully saturated rings. The molecule has 0 saturated carbocycles. The summed E-state index contributed by atoms with van der Waals surface area (Å²) < 4.78 is 10.7. The third-order valence-corrected chi connectivity index (χ3v) is 1.79. The molecule has 1 heterocycles. The highest BCUT2D eigenvalue weighted by Gasteiger charge is 2.12. The van der Waals surface area contributed by atoms with Crippen LogP contribution in [-0.4, -0.2) is 19.3 Å². The van der Waals surface area contributed by atoms with Gasteiger partial charge in [0, 0.05) is 6.61 Å². The van der Waals surface area contributed by atoms with Crippen molar-refractivity contribution < 1.29 is 9.47 Å². The summed E-state index contributed by atoms with van der Waals surface area (Å²) in [6.45, 7) is 3.57. The van der Waals surface area contributed by atoms with Gasteiger partial charge in [-0.3, -0.25) is 0 Å². The van der Waals surface area contributed by atoms with Crippen LogP contribution in [-0.2, 0) is 9.47 Å². The molecule has 0 aromatic rings. The van der Waals surface area contributed by atoms with Crippen molar-refractivity contribution >= 4 is 0 Å². The highest BCUT2D eigenvalue weighted by molar-refractivity contribution is 4.68. The van der Waals surface area contributed by atoms with Crippen LogP contribution in [0.25, 0.3) is 0 Å². The normalized spacial score (nSPS) is 25.7. The van der Waals surface area contributed by atoms with E-state index in [0.717, 1.165) is 13.0 Å². The van der Waals surface area contributed by atoms with Crippen molar-refractivity contribution in [2.75, 3.05) is 13.2 Å². The molecule has 0 spiro atoms. The SMILES string of the molecule is C/C=C/OCC1CCCCO1. The van der Waals surface area contributed by atoms with Crippen LogP contribution in [0.3, 0.4) is 0 Å². The van der Waals surface area contributed by atoms with Gasteiger partial charge in [-0.05, 0) is 26.2 Å². The lowest BCUT2D eigenvalue weighted by molar-refractivity contribution is -0.0209. The highest BCUT2D eigenvalue weighted by atomic mass is 16.5. The Balaban J connectivity index is 2.04. The van der Waals surface area contributed by atoms with Crippen molar-refractivity contribution in [2.24, 2.45) is 0 Å². The van der Waals surface area contributed by atoms with Crippen LogP contribution in [0.1, 0.15) is 26.2 Å². The van der Waals surface area contributed by atoms with E-state index in [1.165, 1.54) is 12.8 Å². The molecule has 0 amide bonds. The van der Waals surface area contributed by atoms with E-state index < -0.39 is 0 Å². The Kier molecular flexibility index (Phi) is 4.06. The van der Waals surface area contributed by atoms with Crippen LogP contribution < -0.4 is 0 Å². The van der Waals surface area contributed by atoms with E-state index in [9.17, 15) is 0 Å². The van der Waals surface area contributed by atoms with Crippen molar-refractivity contribution in [1.29, 1.82) is 0 Å². The molecule has 64 valence electrons. The van der Waals surface area contributed by atoms with E-state index in [4.69, 9.17) is 9.47 Å². The Labute approximate surface area is 68.2 Å². The second kappa shape index (κ2) is 5.19. The average molecular weight is 156 g/mol. The molecule has 1 unspecified atom stereocenters. The molecule has 11 heavy (non-hydrogen) atoms. The zero-order valence-corrected chi connectivity index (χ0v) is 7.08. The fraction of sp³-hybridized carbons (Fsp3) is 0.778. The van der Waals surface area contributed by atoms with Gasteiger partial charge in [-0.1, -0.05) is 6.08 Å². The van der Waals surface area contributed by atoms with Crippen LogP contribution in [0.4, 0.5) is 0 Å². The lowest BCUT2D eigenvalue weighted by Crippen LogP contribution is -2.23. The van der Waals surface area contributed by atoms with E-state index >= 15 is 0 Å². The molecular weight excluding hydrogens is 140 g/mol. The van der Waals surface area contributed by atoms with Crippen molar-refractivity contribution in [3.63, 3.8) is 0 Å². The Morgan fingerprint density at radius 1 is 1.55 bits per heavy atom. The second-order valence-corrected chi connectivity index (χ2v) is 2.79. The van der Waals surface area contributed by atoms with Gasteiger partial charge in [-0.15, -0.1) is 0 Å². The number of hydrogen-bond donors (Lipinski definition) is 0. The quantitative estimate of drug-likeness (QED) is 0.582. The molecule has 1 rings (SSSR count). The molecule has 0 aromatic carbocycles. The first kappa shape index (κ1) is 8.60. The Bertz CT molecular complexity index is 115. The van der Waals surface area contributed by atoms with Gasteiger partial charge in [-0.2, -0.15) is 0 Å². The fourth-order valence-electron chi connectivity index (χ4n) is 1.20. The molecule has 0 aliphatic carbocycles. The minimum absolute atomic E-state index is 0.333. The highest BCUT2D eigenvalue weighted by Crippen LogP contribution is 2.12. The van der Waals surface area contributed by atoms with E-state index in [0.29, 0.717) is 12.7 Å². The summed E-state index contributed by atoms with van der Waals surface area (Å²) in [6, 6.07) is 0. The lowest BCUT2D eigenvalue weighted by atomic mass is 10.1. The van der Waals surface area contributed by atoms with Gasteiger partial charge in [0.05, 0.1) is 12.4 Å². The number of rotatable bonds is 3. The largest absolute Gasteiger partial charge is 0.499 e. The molecule has 2 nitrogen and oxygen atoms in total. The molecule has 0 bridgehead atoms. The Hall–Kier alpha value is -0.500. The van der Waals surface area contributed by atoms with Gasteiger partial charge in [0.25, 0.3) is 0 Å². The van der Waals surface area contributed by atoms with Gasteiger partial charge >= 0.3 is 0 Å². The maximum atomic E-state index is 5.47. The minimum atomic E-state index is 0.333. The van der Waals surface area contributed by atoms with Gasteiger partial charge in [-0.25, -0.2) is 0 Å². The van der Waals surface area contributed by atoms with Crippen molar-refractivity contribution in [1.82, 2.24) is 0 Å². The zero-order valence-electron chi connectivity index (χ0n) is 7.08. The van der Waals surface area contributed by atoms with Gasteiger partial charge < -0.3 is 9.47 Å². The fourth-order valence-corrected chi connectivity index (χ4v) is 1.20. The topological polar surface area (TPSA) is 18.5 Å². The van der Waals surface area contributed by atoms with E-state index in [-0.39, 0.29) is 0 Å².